The first-order valence-electron chi connectivity index (χ1n) is 25.0. The molecule has 8 aromatic rings. The summed E-state index contributed by atoms with van der Waals surface area (Å²) >= 11 is 0. The fourth-order valence-corrected chi connectivity index (χ4v) is 23.6. The highest BCUT2D eigenvalue weighted by Crippen LogP contribution is 2.63. The van der Waals surface area contributed by atoms with Crippen LogP contribution in [0.5, 0.6) is 0 Å². The minimum absolute atomic E-state index is 0.572. The first-order chi connectivity index (χ1) is 35.5. The maximum absolute atomic E-state index is 5.71. The Morgan fingerprint density at radius 1 is 0.316 bits per heavy atom. The highest BCUT2D eigenvalue weighted by atomic mass is 31.2. The van der Waals surface area contributed by atoms with Crippen LogP contribution in [0.25, 0.3) is 65.7 Å². The predicted molar refractivity (Wildman–Crippen MR) is 327 cm³/mol. The number of imidazole rings is 2. The minimum atomic E-state index is -2.46. The molecule has 0 unspecified atom stereocenters. The van der Waals surface area contributed by atoms with E-state index in [2.05, 4.69) is 295 Å². The van der Waals surface area contributed by atoms with Gasteiger partial charge in [0.2, 0.25) is 11.6 Å². The maximum Gasteiger partial charge on any atom is 0.200 e. The maximum atomic E-state index is 5.71. The van der Waals surface area contributed by atoms with E-state index in [1.165, 1.54) is 0 Å². The van der Waals surface area contributed by atoms with Gasteiger partial charge in [-0.25, -0.2) is 29.4 Å². The number of benzene rings is 2. The zero-order valence-corrected chi connectivity index (χ0v) is 53.0. The van der Waals surface area contributed by atoms with Crippen LogP contribution >= 0.6 is 30.0 Å². The van der Waals surface area contributed by atoms with Gasteiger partial charge in [0, 0.05) is 51.5 Å². The molecule has 412 valence electrons. The molecule has 0 atom stereocenters. The second kappa shape index (κ2) is 21.2. The van der Waals surface area contributed by atoms with Crippen molar-refractivity contribution in [1.82, 2.24) is 84.8 Å². The van der Waals surface area contributed by atoms with Crippen LogP contribution in [-0.4, -0.2) is 254 Å². The summed E-state index contributed by atoms with van der Waals surface area (Å²) in [6, 6.07) is 17.2. The zero-order valence-electron chi connectivity index (χ0n) is 49.4. The van der Waals surface area contributed by atoms with E-state index in [-0.39, 0.29) is 0 Å². The highest BCUT2D eigenvalue weighted by molar-refractivity contribution is 7.60. The largest absolute Gasteiger partial charge is 0.282 e. The molecule has 6 heterocycles. The van der Waals surface area contributed by atoms with E-state index in [1.54, 1.807) is 0 Å². The molecule has 76 heavy (non-hydrogen) atoms. The average molecular weight is 1120 g/mol. The minimum Gasteiger partial charge on any atom is -0.282 e. The molecule has 0 aliphatic rings. The van der Waals surface area contributed by atoms with E-state index >= 15 is 0 Å². The van der Waals surface area contributed by atoms with Crippen LogP contribution in [0.3, 0.4) is 0 Å². The van der Waals surface area contributed by atoms with Crippen molar-refractivity contribution in [2.24, 2.45) is 19.0 Å². The fourth-order valence-electron chi connectivity index (χ4n) is 11.2. The summed E-state index contributed by atoms with van der Waals surface area (Å²) < 4.78 is 53.3. The average Bonchev–Trinajstić information content (AvgIpc) is 3.82. The van der Waals surface area contributed by atoms with Gasteiger partial charge in [0.1, 0.15) is 11.3 Å². The molecule has 0 N–H and O–H groups in total. The van der Waals surface area contributed by atoms with E-state index in [9.17, 15) is 0 Å². The molecular formula is C50H82N22P4. The van der Waals surface area contributed by atoms with Crippen LogP contribution in [0.4, 0.5) is 23.3 Å². The van der Waals surface area contributed by atoms with Gasteiger partial charge < -0.3 is 0 Å². The van der Waals surface area contributed by atoms with Gasteiger partial charge in [0.15, 0.2) is 41.7 Å². The van der Waals surface area contributed by atoms with Crippen LogP contribution in [0.2, 0.25) is 0 Å². The molecule has 0 saturated carbocycles. The molecule has 0 radical (unpaired) electrons. The lowest BCUT2D eigenvalue weighted by atomic mass is 10.0. The van der Waals surface area contributed by atoms with Crippen molar-refractivity contribution in [1.29, 1.82) is 0 Å². The van der Waals surface area contributed by atoms with Crippen molar-refractivity contribution in [2.75, 3.05) is 169 Å². The molecule has 0 amide bonds. The van der Waals surface area contributed by atoms with E-state index < -0.39 is 30.0 Å². The van der Waals surface area contributed by atoms with Crippen LogP contribution in [0.1, 0.15) is 0 Å². The number of nitrogens with zero attached hydrogens (tertiary/aromatic N) is 22. The smallest absolute Gasteiger partial charge is 0.200 e. The van der Waals surface area contributed by atoms with Gasteiger partial charge in [0.05, 0.1) is 22.1 Å². The Kier molecular flexibility index (Phi) is 16.1. The second-order valence-corrected chi connectivity index (χ2v) is 36.2. The monoisotopic (exact) mass is 1110 g/mol. The molecule has 26 heteroatoms. The first kappa shape index (κ1) is 58.0. The second-order valence-electron chi connectivity index (χ2n) is 21.5. The summed E-state index contributed by atoms with van der Waals surface area (Å²) in [4.78, 5) is 21.7. The summed E-state index contributed by atoms with van der Waals surface area (Å²) in [5.74, 6) is 2.52. The summed E-state index contributed by atoms with van der Waals surface area (Å²) in [6.07, 6.45) is 4.25. The van der Waals surface area contributed by atoms with Gasteiger partial charge in [-0.1, -0.05) is 24.3 Å². The van der Waals surface area contributed by atoms with Gasteiger partial charge in [-0.2, -0.15) is 9.49 Å². The number of fused-ring (bicyclic) bond motifs is 9. The van der Waals surface area contributed by atoms with Gasteiger partial charge in [-0.3, -0.25) is 64.8 Å². The Labute approximate surface area is 450 Å². The predicted octanol–water partition coefficient (Wildman–Crippen LogP) is 10.6. The topological polar surface area (TPSA) is 149 Å². The number of aromatic nitrogens is 6. The summed E-state index contributed by atoms with van der Waals surface area (Å²) in [7, 11) is 40.2. The van der Waals surface area contributed by atoms with Crippen molar-refractivity contribution in [3.8, 4) is 0 Å². The standard InChI is InChI=1S/C50H82N22P4/c1-59(2)73(60(3)4,61(5)6)55-47-49(57-75(65(13)14,66(15)16)67(17)18)71-33-38-29-36-27-25-35-26-28-37-30-39-34-72-43(32-41(39)52-46(37)44(35)45(36)51-40(38)31-42(71)53-47)54-48(56-74(62(7)8,63(9)10)64(11)12)50(72)58-76(68(19)20,69(21)22)70(23)24/h25-34H,1-24H3. The number of hydrogen-bond acceptors (Lipinski definition) is 8. The van der Waals surface area contributed by atoms with Crippen molar-refractivity contribution < 1.29 is 0 Å². The van der Waals surface area contributed by atoms with Crippen LogP contribution in [0, 0.1) is 0 Å². The van der Waals surface area contributed by atoms with Crippen molar-refractivity contribution in [2.45, 2.75) is 0 Å². The third kappa shape index (κ3) is 9.19. The van der Waals surface area contributed by atoms with E-state index in [1.807, 2.05) is 0 Å². The fraction of sp³-hybridized carbons (Fsp3) is 0.480. The molecule has 8 rings (SSSR count). The lowest BCUT2D eigenvalue weighted by molar-refractivity contribution is 0.473. The molecule has 0 bridgehead atoms. The van der Waals surface area contributed by atoms with Gasteiger partial charge in [-0.05, 0) is 187 Å². The van der Waals surface area contributed by atoms with Crippen molar-refractivity contribution in [3.63, 3.8) is 0 Å². The highest BCUT2D eigenvalue weighted by Gasteiger charge is 2.36. The Morgan fingerprint density at radius 2 is 0.579 bits per heavy atom. The van der Waals surface area contributed by atoms with Gasteiger partial charge in [0.25, 0.3) is 0 Å². The first-order valence-corrected chi connectivity index (χ1v) is 31.4. The summed E-state index contributed by atoms with van der Waals surface area (Å²) in [5.41, 5.74) is 4.75. The van der Waals surface area contributed by atoms with Crippen LogP contribution in [0.15, 0.2) is 79.9 Å². The van der Waals surface area contributed by atoms with Crippen molar-refractivity contribution >= 4 is 119 Å². The van der Waals surface area contributed by atoms with E-state index in [0.717, 1.165) is 54.4 Å². The van der Waals surface area contributed by atoms with Crippen molar-refractivity contribution in [3.05, 3.63) is 60.9 Å². The molecule has 6 aromatic heterocycles. The SMILES string of the molecule is CN(C)P(=Nc1nc2cc3nc4c(ccc5ccc6cc7cn8c(N=P(N(C)C)(N(C)C)N(C)C)c(N=P(N(C)C)(N(C)C)N(C)C)nc8cc7nc6c54)cc3cn2c1N=P(N(C)C)(N(C)C)N(C)C)(N(C)C)N(C)C. The van der Waals surface area contributed by atoms with Gasteiger partial charge in [-0.15, -0.1) is 0 Å². The Balaban J connectivity index is 1.44. The molecule has 0 fully saturated rings. The molecule has 0 aliphatic carbocycles. The number of pyridine rings is 4. The molecular weight excluding hydrogens is 1030 g/mol. The van der Waals surface area contributed by atoms with Gasteiger partial charge >= 0.3 is 0 Å². The summed E-state index contributed by atoms with van der Waals surface area (Å²) in [6.45, 7) is 0. The van der Waals surface area contributed by atoms with E-state index in [4.69, 9.17) is 38.9 Å². The quantitative estimate of drug-likeness (QED) is 0.0513. The van der Waals surface area contributed by atoms with Crippen LogP contribution < -0.4 is 0 Å². The molecule has 0 saturated heterocycles. The Morgan fingerprint density at radius 3 is 0.855 bits per heavy atom. The van der Waals surface area contributed by atoms with Crippen LogP contribution in [-0.2, 0) is 0 Å². The summed E-state index contributed by atoms with van der Waals surface area (Å²) in [5, 5.41) is 5.93. The molecule has 0 spiro atoms. The number of rotatable bonds is 16. The number of hydrogen-bond donors (Lipinski definition) is 0. The van der Waals surface area contributed by atoms with E-state index in [0.29, 0.717) is 34.6 Å². The molecule has 22 nitrogen and oxygen atoms in total. The lowest BCUT2D eigenvalue weighted by Crippen LogP contribution is -2.30. The lowest BCUT2D eigenvalue weighted by Gasteiger charge is -2.41. The third-order valence-corrected chi connectivity index (χ3v) is 28.8. The normalized spacial score (nSPS) is 13.9. The zero-order chi connectivity index (χ0) is 56.0. The molecule has 0 aliphatic heterocycles. The molecule has 2 aromatic carbocycles. The third-order valence-electron chi connectivity index (χ3n) is 14.1. The Hall–Kier alpha value is -4.14. The Bertz CT molecular complexity index is 3430.